The molecule has 1 saturated heterocycles. The smallest absolute Gasteiger partial charge is 0.251 e. The monoisotopic (exact) mass is 343 g/mol. The minimum Gasteiger partial charge on any atom is -0.391 e. The lowest BCUT2D eigenvalue weighted by Crippen LogP contribution is -2.34. The van der Waals surface area contributed by atoms with E-state index in [0.29, 0.717) is 18.7 Å². The van der Waals surface area contributed by atoms with Crippen LogP contribution in [0.1, 0.15) is 10.4 Å². The SMILES string of the molecule is Cl.Cl.O=C(NCC1CNCC1O)c1ccc2ncccc2c1. The molecule has 0 bridgehead atoms. The van der Waals surface area contributed by atoms with Crippen LogP contribution in [-0.2, 0) is 0 Å². The van der Waals surface area contributed by atoms with Crippen LogP contribution >= 0.6 is 24.8 Å². The van der Waals surface area contributed by atoms with Gasteiger partial charge >= 0.3 is 0 Å². The summed E-state index contributed by atoms with van der Waals surface area (Å²) >= 11 is 0. The summed E-state index contributed by atoms with van der Waals surface area (Å²) in [6.45, 7) is 1.82. The molecule has 2 heterocycles. The van der Waals surface area contributed by atoms with Crippen molar-refractivity contribution in [2.75, 3.05) is 19.6 Å². The number of carbonyl (C=O) groups excluding carboxylic acids is 1. The van der Waals surface area contributed by atoms with Crippen LogP contribution in [0.4, 0.5) is 0 Å². The van der Waals surface area contributed by atoms with Gasteiger partial charge in [-0.15, -0.1) is 24.8 Å². The van der Waals surface area contributed by atoms with Gasteiger partial charge in [-0.05, 0) is 24.3 Å². The maximum atomic E-state index is 12.1. The van der Waals surface area contributed by atoms with E-state index in [1.165, 1.54) is 0 Å². The number of hydrogen-bond acceptors (Lipinski definition) is 4. The van der Waals surface area contributed by atoms with Gasteiger partial charge in [-0.2, -0.15) is 0 Å². The summed E-state index contributed by atoms with van der Waals surface area (Å²) in [5.41, 5.74) is 1.49. The molecule has 2 atom stereocenters. The minimum absolute atomic E-state index is 0. The summed E-state index contributed by atoms with van der Waals surface area (Å²) < 4.78 is 0. The van der Waals surface area contributed by atoms with E-state index in [4.69, 9.17) is 0 Å². The Morgan fingerprint density at radius 1 is 1.32 bits per heavy atom. The number of pyridine rings is 1. The van der Waals surface area contributed by atoms with E-state index in [9.17, 15) is 9.90 Å². The second kappa shape index (κ2) is 8.29. The van der Waals surface area contributed by atoms with Gasteiger partial charge in [-0.1, -0.05) is 6.07 Å². The Kier molecular flexibility index (Phi) is 7.03. The zero-order valence-electron chi connectivity index (χ0n) is 11.9. The number of β-amino-alcohol motifs (C(OH)–C–C–N with tert-alkyl or cyclic N) is 1. The van der Waals surface area contributed by atoms with Gasteiger partial charge in [-0.3, -0.25) is 9.78 Å². The number of amides is 1. The van der Waals surface area contributed by atoms with E-state index < -0.39 is 0 Å². The third kappa shape index (κ3) is 4.08. The topological polar surface area (TPSA) is 74.2 Å². The van der Waals surface area contributed by atoms with Gasteiger partial charge < -0.3 is 15.7 Å². The predicted molar refractivity (Wildman–Crippen MR) is 90.9 cm³/mol. The van der Waals surface area contributed by atoms with Gasteiger partial charge in [0.2, 0.25) is 0 Å². The number of aliphatic hydroxyl groups is 1. The average Bonchev–Trinajstić information content (AvgIpc) is 2.89. The molecule has 1 aliphatic rings. The molecule has 5 nitrogen and oxygen atoms in total. The van der Waals surface area contributed by atoms with Crippen LogP contribution in [0, 0.1) is 5.92 Å². The second-order valence-corrected chi connectivity index (χ2v) is 5.11. The Hall–Kier alpha value is -1.40. The minimum atomic E-state index is -0.379. The summed E-state index contributed by atoms with van der Waals surface area (Å²) in [5, 5.41) is 16.6. The molecule has 1 fully saturated rings. The molecule has 2 aromatic rings. The number of nitrogens with one attached hydrogen (secondary N) is 2. The Morgan fingerprint density at radius 2 is 2.14 bits per heavy atom. The molecular formula is C15H19Cl2N3O2. The fourth-order valence-electron chi connectivity index (χ4n) is 2.47. The molecule has 0 aliphatic carbocycles. The maximum Gasteiger partial charge on any atom is 0.251 e. The highest BCUT2D eigenvalue weighted by Gasteiger charge is 2.25. The van der Waals surface area contributed by atoms with Gasteiger partial charge in [0, 0.05) is 42.7 Å². The molecule has 2 unspecified atom stereocenters. The molecule has 3 N–H and O–H groups in total. The summed E-state index contributed by atoms with van der Waals surface area (Å²) in [6.07, 6.45) is 1.35. The van der Waals surface area contributed by atoms with Gasteiger partial charge in [0.1, 0.15) is 0 Å². The molecule has 3 rings (SSSR count). The Labute approximate surface area is 141 Å². The van der Waals surface area contributed by atoms with E-state index in [1.807, 2.05) is 24.3 Å². The van der Waals surface area contributed by atoms with Crippen molar-refractivity contribution in [1.82, 2.24) is 15.6 Å². The summed E-state index contributed by atoms with van der Waals surface area (Å²) in [4.78, 5) is 16.3. The third-order valence-corrected chi connectivity index (χ3v) is 3.69. The van der Waals surface area contributed by atoms with E-state index in [0.717, 1.165) is 17.4 Å². The molecule has 0 radical (unpaired) electrons. The number of nitrogens with zero attached hydrogens (tertiary/aromatic N) is 1. The lowest BCUT2D eigenvalue weighted by molar-refractivity contribution is 0.0927. The number of aliphatic hydroxyl groups excluding tert-OH is 1. The molecule has 7 heteroatoms. The number of fused-ring (bicyclic) bond motifs is 1. The van der Waals surface area contributed by atoms with Crippen molar-refractivity contribution in [3.05, 3.63) is 42.1 Å². The highest BCUT2D eigenvalue weighted by atomic mass is 35.5. The van der Waals surface area contributed by atoms with Gasteiger partial charge in [0.05, 0.1) is 11.6 Å². The fraction of sp³-hybridized carbons (Fsp3) is 0.333. The van der Waals surface area contributed by atoms with Gasteiger partial charge in [0.25, 0.3) is 5.91 Å². The molecule has 0 spiro atoms. The zero-order chi connectivity index (χ0) is 13.9. The van der Waals surface area contributed by atoms with Crippen LogP contribution < -0.4 is 10.6 Å². The second-order valence-electron chi connectivity index (χ2n) is 5.11. The Morgan fingerprint density at radius 3 is 2.86 bits per heavy atom. The molecule has 1 aromatic heterocycles. The van der Waals surface area contributed by atoms with Crippen molar-refractivity contribution in [3.8, 4) is 0 Å². The number of halogens is 2. The first-order valence-electron chi connectivity index (χ1n) is 6.76. The molecule has 1 aromatic carbocycles. The average molecular weight is 344 g/mol. The highest BCUT2D eigenvalue weighted by molar-refractivity contribution is 5.97. The molecule has 120 valence electrons. The summed E-state index contributed by atoms with van der Waals surface area (Å²) in [5.74, 6) is -0.0315. The number of hydrogen-bond donors (Lipinski definition) is 3. The Bertz CT molecular complexity index is 639. The van der Waals surface area contributed by atoms with Crippen molar-refractivity contribution in [1.29, 1.82) is 0 Å². The standard InChI is InChI=1S/C15H17N3O2.2ClH/c19-14-9-16-7-12(14)8-18-15(20)11-3-4-13-10(6-11)2-1-5-17-13;;/h1-6,12,14,16,19H,7-9H2,(H,18,20);2*1H. The Balaban J connectivity index is 0.00000121. The van der Waals surface area contributed by atoms with Crippen LogP contribution in [0.2, 0.25) is 0 Å². The van der Waals surface area contributed by atoms with E-state index >= 15 is 0 Å². The maximum absolute atomic E-state index is 12.1. The molecule has 0 saturated carbocycles. The normalized spacial score (nSPS) is 20.0. The van der Waals surface area contributed by atoms with Crippen LogP contribution in [0.5, 0.6) is 0 Å². The van der Waals surface area contributed by atoms with Crippen molar-refractivity contribution < 1.29 is 9.90 Å². The van der Waals surface area contributed by atoms with Gasteiger partial charge in [0.15, 0.2) is 0 Å². The highest BCUT2D eigenvalue weighted by Crippen LogP contribution is 2.13. The number of rotatable bonds is 3. The molecule has 1 aliphatic heterocycles. The van der Waals surface area contributed by atoms with Crippen LogP contribution in [0.25, 0.3) is 10.9 Å². The van der Waals surface area contributed by atoms with Gasteiger partial charge in [-0.25, -0.2) is 0 Å². The number of carbonyl (C=O) groups is 1. The largest absolute Gasteiger partial charge is 0.391 e. The molecular weight excluding hydrogens is 325 g/mol. The lowest BCUT2D eigenvalue weighted by atomic mass is 10.1. The molecule has 22 heavy (non-hydrogen) atoms. The van der Waals surface area contributed by atoms with E-state index in [-0.39, 0.29) is 42.7 Å². The first kappa shape index (κ1) is 18.6. The quantitative estimate of drug-likeness (QED) is 0.787. The summed E-state index contributed by atoms with van der Waals surface area (Å²) in [7, 11) is 0. The first-order chi connectivity index (χ1) is 9.74. The summed E-state index contributed by atoms with van der Waals surface area (Å²) in [6, 6.07) is 9.24. The number of aromatic nitrogens is 1. The van der Waals surface area contributed by atoms with Crippen molar-refractivity contribution in [2.45, 2.75) is 6.10 Å². The predicted octanol–water partition coefficient (Wildman–Crippen LogP) is 1.39. The van der Waals surface area contributed by atoms with Crippen molar-refractivity contribution in [2.24, 2.45) is 5.92 Å². The van der Waals surface area contributed by atoms with Crippen molar-refractivity contribution >= 4 is 41.6 Å². The fourth-order valence-corrected chi connectivity index (χ4v) is 2.47. The lowest BCUT2D eigenvalue weighted by Gasteiger charge is -2.14. The van der Waals surface area contributed by atoms with Crippen LogP contribution in [0.3, 0.4) is 0 Å². The van der Waals surface area contributed by atoms with Crippen molar-refractivity contribution in [3.63, 3.8) is 0 Å². The first-order valence-corrected chi connectivity index (χ1v) is 6.76. The van der Waals surface area contributed by atoms with E-state index in [2.05, 4.69) is 15.6 Å². The third-order valence-electron chi connectivity index (χ3n) is 3.69. The zero-order valence-corrected chi connectivity index (χ0v) is 13.5. The van der Waals surface area contributed by atoms with E-state index in [1.54, 1.807) is 12.3 Å². The number of benzene rings is 1. The van der Waals surface area contributed by atoms with Crippen LogP contribution in [-0.4, -0.2) is 41.7 Å². The molecule has 1 amide bonds. The van der Waals surface area contributed by atoms with Crippen LogP contribution in [0.15, 0.2) is 36.5 Å².